The molecule has 0 aromatic carbocycles. The van der Waals surface area contributed by atoms with Crippen LogP contribution in [0.5, 0.6) is 0 Å². The summed E-state index contributed by atoms with van der Waals surface area (Å²) in [4.78, 5) is 10.7. The topological polar surface area (TPSA) is 42.2 Å². The molecule has 0 aliphatic rings. The maximum Gasteiger partial charge on any atom is 0.337 e. The number of hydrogen-bond acceptors (Lipinski definition) is 1. The van der Waals surface area contributed by atoms with Crippen LogP contribution in [-0.4, -0.2) is 15.6 Å². The van der Waals surface area contributed by atoms with E-state index in [1.807, 2.05) is 25.5 Å². The van der Waals surface area contributed by atoms with Gasteiger partial charge in [-0.2, -0.15) is 0 Å². The SMILES string of the molecule is CCc1c(C(=O)O)cc(C)n1C. The van der Waals surface area contributed by atoms with Crippen LogP contribution in [0.15, 0.2) is 6.07 Å². The molecule has 1 aromatic rings. The largest absolute Gasteiger partial charge is 0.478 e. The van der Waals surface area contributed by atoms with Crippen molar-refractivity contribution in [2.45, 2.75) is 20.3 Å². The van der Waals surface area contributed by atoms with E-state index in [9.17, 15) is 4.79 Å². The highest BCUT2D eigenvalue weighted by Gasteiger charge is 2.13. The first kappa shape index (κ1) is 8.84. The number of carboxylic acids is 1. The maximum atomic E-state index is 10.7. The van der Waals surface area contributed by atoms with Crippen molar-refractivity contribution in [1.29, 1.82) is 0 Å². The highest BCUT2D eigenvalue weighted by molar-refractivity contribution is 5.89. The van der Waals surface area contributed by atoms with E-state index < -0.39 is 5.97 Å². The third-order valence-corrected chi connectivity index (χ3v) is 2.16. The standard InChI is InChI=1S/C9H13NO2/c1-4-8-7(9(11)12)5-6(2)10(8)3/h5H,4H2,1-3H3,(H,11,12). The smallest absolute Gasteiger partial charge is 0.337 e. The minimum atomic E-state index is -0.837. The number of nitrogens with zero attached hydrogens (tertiary/aromatic N) is 1. The first-order chi connectivity index (χ1) is 5.57. The summed E-state index contributed by atoms with van der Waals surface area (Å²) in [5, 5.41) is 8.82. The number of aromatic nitrogens is 1. The third-order valence-electron chi connectivity index (χ3n) is 2.16. The molecule has 0 amide bonds. The van der Waals surface area contributed by atoms with Gasteiger partial charge in [-0.15, -0.1) is 0 Å². The molecule has 1 N–H and O–H groups in total. The lowest BCUT2D eigenvalue weighted by molar-refractivity contribution is 0.0695. The Kier molecular flexibility index (Phi) is 2.22. The van der Waals surface area contributed by atoms with Crippen LogP contribution in [0, 0.1) is 6.92 Å². The minimum absolute atomic E-state index is 0.428. The lowest BCUT2D eigenvalue weighted by atomic mass is 10.2. The molecule has 66 valence electrons. The molecule has 0 aliphatic carbocycles. The lowest BCUT2D eigenvalue weighted by Crippen LogP contribution is -2.03. The molecule has 0 fully saturated rings. The number of rotatable bonds is 2. The normalized spacial score (nSPS) is 10.2. The summed E-state index contributed by atoms with van der Waals surface area (Å²) in [5.74, 6) is -0.837. The van der Waals surface area contributed by atoms with Gasteiger partial charge in [0, 0.05) is 18.4 Å². The monoisotopic (exact) mass is 167 g/mol. The summed E-state index contributed by atoms with van der Waals surface area (Å²) in [7, 11) is 1.89. The van der Waals surface area contributed by atoms with Crippen molar-refractivity contribution in [2.24, 2.45) is 7.05 Å². The molecule has 3 nitrogen and oxygen atoms in total. The first-order valence-electron chi connectivity index (χ1n) is 3.96. The van der Waals surface area contributed by atoms with E-state index in [-0.39, 0.29) is 0 Å². The summed E-state index contributed by atoms with van der Waals surface area (Å²) < 4.78 is 1.92. The van der Waals surface area contributed by atoms with Gasteiger partial charge in [0.1, 0.15) is 0 Å². The predicted octanol–water partition coefficient (Wildman–Crippen LogP) is 1.59. The number of aryl methyl sites for hydroxylation is 1. The molecular formula is C9H13NO2. The second kappa shape index (κ2) is 3.01. The molecule has 0 aliphatic heterocycles. The summed E-state index contributed by atoms with van der Waals surface area (Å²) in [6, 6.07) is 1.71. The zero-order chi connectivity index (χ0) is 9.30. The van der Waals surface area contributed by atoms with Crippen molar-refractivity contribution in [1.82, 2.24) is 4.57 Å². The van der Waals surface area contributed by atoms with Crippen molar-refractivity contribution < 1.29 is 9.90 Å². The Morgan fingerprint density at radius 2 is 2.25 bits per heavy atom. The van der Waals surface area contributed by atoms with E-state index in [4.69, 9.17) is 5.11 Å². The average molecular weight is 167 g/mol. The number of hydrogen-bond donors (Lipinski definition) is 1. The molecule has 1 heterocycles. The van der Waals surface area contributed by atoms with Gasteiger partial charge in [0.25, 0.3) is 0 Å². The van der Waals surface area contributed by atoms with Crippen molar-refractivity contribution in [3.05, 3.63) is 23.0 Å². The Morgan fingerprint density at radius 3 is 2.58 bits per heavy atom. The van der Waals surface area contributed by atoms with Crippen molar-refractivity contribution in [2.75, 3.05) is 0 Å². The Labute approximate surface area is 71.6 Å². The third kappa shape index (κ3) is 1.22. The van der Waals surface area contributed by atoms with Gasteiger partial charge in [-0.3, -0.25) is 0 Å². The molecule has 3 heteroatoms. The van der Waals surface area contributed by atoms with Gasteiger partial charge >= 0.3 is 5.97 Å². The second-order valence-corrected chi connectivity index (χ2v) is 2.86. The number of aromatic carboxylic acids is 1. The Morgan fingerprint density at radius 1 is 1.67 bits per heavy atom. The molecule has 0 unspecified atom stereocenters. The zero-order valence-corrected chi connectivity index (χ0v) is 7.59. The van der Waals surface area contributed by atoms with E-state index in [0.717, 1.165) is 17.8 Å². The van der Waals surface area contributed by atoms with Crippen LogP contribution >= 0.6 is 0 Å². The van der Waals surface area contributed by atoms with Gasteiger partial charge < -0.3 is 9.67 Å². The van der Waals surface area contributed by atoms with Gasteiger partial charge in [0.05, 0.1) is 5.56 Å². The summed E-state index contributed by atoms with van der Waals surface area (Å²) in [5.41, 5.74) is 2.31. The first-order valence-corrected chi connectivity index (χ1v) is 3.96. The second-order valence-electron chi connectivity index (χ2n) is 2.86. The van der Waals surface area contributed by atoms with Crippen LogP contribution in [0.1, 0.15) is 28.7 Å². The molecular weight excluding hydrogens is 154 g/mol. The van der Waals surface area contributed by atoms with Crippen LogP contribution in [0.3, 0.4) is 0 Å². The fraction of sp³-hybridized carbons (Fsp3) is 0.444. The summed E-state index contributed by atoms with van der Waals surface area (Å²) >= 11 is 0. The highest BCUT2D eigenvalue weighted by atomic mass is 16.4. The molecule has 1 aromatic heterocycles. The van der Waals surface area contributed by atoms with Gasteiger partial charge in [-0.05, 0) is 19.4 Å². The van der Waals surface area contributed by atoms with Crippen LogP contribution < -0.4 is 0 Å². The van der Waals surface area contributed by atoms with Crippen molar-refractivity contribution in [3.8, 4) is 0 Å². The van der Waals surface area contributed by atoms with Crippen LogP contribution in [-0.2, 0) is 13.5 Å². The predicted molar refractivity (Wildman–Crippen MR) is 46.5 cm³/mol. The zero-order valence-electron chi connectivity index (χ0n) is 7.59. The van der Waals surface area contributed by atoms with E-state index >= 15 is 0 Å². The average Bonchev–Trinajstić information content (AvgIpc) is 2.29. The maximum absolute atomic E-state index is 10.7. The van der Waals surface area contributed by atoms with Crippen LogP contribution in [0.4, 0.5) is 0 Å². The highest BCUT2D eigenvalue weighted by Crippen LogP contribution is 2.14. The molecule has 0 spiro atoms. The van der Waals surface area contributed by atoms with Crippen molar-refractivity contribution >= 4 is 5.97 Å². The summed E-state index contributed by atoms with van der Waals surface area (Å²) in [6.07, 6.45) is 0.756. The Balaban J connectivity index is 3.29. The Hall–Kier alpha value is -1.25. The van der Waals surface area contributed by atoms with Crippen molar-refractivity contribution in [3.63, 3.8) is 0 Å². The fourth-order valence-electron chi connectivity index (χ4n) is 1.40. The molecule has 12 heavy (non-hydrogen) atoms. The quantitative estimate of drug-likeness (QED) is 0.726. The summed E-state index contributed by atoms with van der Waals surface area (Å²) in [6.45, 7) is 3.87. The molecule has 0 atom stereocenters. The van der Waals surface area contributed by atoms with E-state index in [1.165, 1.54) is 0 Å². The Bertz CT molecular complexity index is 313. The van der Waals surface area contributed by atoms with Crippen LogP contribution in [0.2, 0.25) is 0 Å². The molecule has 1 rings (SSSR count). The lowest BCUT2D eigenvalue weighted by Gasteiger charge is -2.02. The van der Waals surface area contributed by atoms with Crippen LogP contribution in [0.25, 0.3) is 0 Å². The number of carboxylic acid groups (broad SMARTS) is 1. The van der Waals surface area contributed by atoms with E-state index in [1.54, 1.807) is 6.07 Å². The molecule has 0 radical (unpaired) electrons. The molecule has 0 bridgehead atoms. The minimum Gasteiger partial charge on any atom is -0.478 e. The van der Waals surface area contributed by atoms with Gasteiger partial charge in [-0.1, -0.05) is 6.92 Å². The van der Waals surface area contributed by atoms with Gasteiger partial charge in [0.2, 0.25) is 0 Å². The van der Waals surface area contributed by atoms with E-state index in [2.05, 4.69) is 0 Å². The number of carbonyl (C=O) groups is 1. The van der Waals surface area contributed by atoms with Gasteiger partial charge in [0.15, 0.2) is 0 Å². The van der Waals surface area contributed by atoms with Gasteiger partial charge in [-0.25, -0.2) is 4.79 Å². The van der Waals surface area contributed by atoms with E-state index in [0.29, 0.717) is 5.56 Å². The molecule has 0 saturated heterocycles. The fourth-order valence-corrected chi connectivity index (χ4v) is 1.40. The molecule has 0 saturated carbocycles.